The molecule has 3 unspecified atom stereocenters. The first-order valence-electron chi connectivity index (χ1n) is 13.0. The van der Waals surface area contributed by atoms with Gasteiger partial charge in [-0.25, -0.2) is 4.79 Å². The molecule has 35 heavy (non-hydrogen) atoms. The number of hydrogen-bond acceptors (Lipinski definition) is 4. The lowest BCUT2D eigenvalue weighted by molar-refractivity contribution is -0.145. The Labute approximate surface area is 212 Å². The Hall–Kier alpha value is -2.57. The number of hydrogen-bond donors (Lipinski definition) is 2. The standard InChI is InChI=1S/C28H47N3O4/c1-10-13-18-29-25(32)24(22-16-14-21(12-3)15-17-22)31(19(4)5)26(33)23(20(6)11-2)30-27(34)35-28(7,8)9/h14-17,19-20,23-24H,10-13,18H2,1-9H3,(H,29,32)(H,30,34). The highest BCUT2D eigenvalue weighted by Crippen LogP contribution is 2.27. The lowest BCUT2D eigenvalue weighted by Gasteiger charge is -2.38. The largest absolute Gasteiger partial charge is 0.444 e. The van der Waals surface area contributed by atoms with Gasteiger partial charge in [0.15, 0.2) is 0 Å². The van der Waals surface area contributed by atoms with Gasteiger partial charge < -0.3 is 20.3 Å². The highest BCUT2D eigenvalue weighted by atomic mass is 16.6. The summed E-state index contributed by atoms with van der Waals surface area (Å²) >= 11 is 0. The number of benzene rings is 1. The summed E-state index contributed by atoms with van der Waals surface area (Å²) in [6.07, 6.45) is 2.74. The summed E-state index contributed by atoms with van der Waals surface area (Å²) in [5.41, 5.74) is 1.22. The van der Waals surface area contributed by atoms with Crippen molar-refractivity contribution in [1.82, 2.24) is 15.5 Å². The molecule has 0 radical (unpaired) electrons. The average molecular weight is 490 g/mol. The van der Waals surface area contributed by atoms with Crippen molar-refractivity contribution in [3.8, 4) is 0 Å². The van der Waals surface area contributed by atoms with E-state index in [1.165, 1.54) is 0 Å². The number of alkyl carbamates (subject to hydrolysis) is 1. The molecule has 1 rings (SSSR count). The molecule has 0 bridgehead atoms. The number of nitrogens with one attached hydrogen (secondary N) is 2. The van der Waals surface area contributed by atoms with Crippen molar-refractivity contribution < 1.29 is 19.1 Å². The van der Waals surface area contributed by atoms with E-state index in [-0.39, 0.29) is 23.8 Å². The number of unbranched alkanes of at least 4 members (excludes halogenated alkanes) is 1. The summed E-state index contributed by atoms with van der Waals surface area (Å²) in [6.45, 7) is 17.7. The zero-order valence-electron chi connectivity index (χ0n) is 23.2. The Bertz CT molecular complexity index is 814. The van der Waals surface area contributed by atoms with Gasteiger partial charge in [-0.1, -0.05) is 64.8 Å². The highest BCUT2D eigenvalue weighted by Gasteiger charge is 2.39. The summed E-state index contributed by atoms with van der Waals surface area (Å²) in [7, 11) is 0. The minimum atomic E-state index is -0.821. The normalized spacial score (nSPS) is 14.1. The first kappa shape index (κ1) is 30.5. The summed E-state index contributed by atoms with van der Waals surface area (Å²) in [5, 5.41) is 5.80. The number of aryl methyl sites for hydroxylation is 1. The van der Waals surface area contributed by atoms with E-state index in [1.807, 2.05) is 52.0 Å². The number of carbonyl (C=O) groups is 3. The highest BCUT2D eigenvalue weighted by molar-refractivity contribution is 5.92. The van der Waals surface area contributed by atoms with Crippen LogP contribution in [0, 0.1) is 5.92 Å². The number of carbonyl (C=O) groups excluding carboxylic acids is 3. The molecule has 0 aliphatic carbocycles. The van der Waals surface area contributed by atoms with E-state index >= 15 is 0 Å². The third kappa shape index (κ3) is 9.54. The minimum Gasteiger partial charge on any atom is -0.444 e. The number of ether oxygens (including phenoxy) is 1. The van der Waals surface area contributed by atoms with Gasteiger partial charge in [0.25, 0.3) is 0 Å². The molecule has 0 aliphatic heterocycles. The van der Waals surface area contributed by atoms with Crippen LogP contribution in [-0.2, 0) is 20.7 Å². The van der Waals surface area contributed by atoms with Gasteiger partial charge in [0.1, 0.15) is 17.7 Å². The quantitative estimate of drug-likeness (QED) is 0.386. The molecular formula is C28H47N3O4. The van der Waals surface area contributed by atoms with E-state index in [2.05, 4.69) is 24.5 Å². The molecule has 0 aromatic heterocycles. The number of amides is 3. The zero-order valence-corrected chi connectivity index (χ0v) is 23.2. The molecule has 3 atom stereocenters. The summed E-state index contributed by atoms with van der Waals surface area (Å²) < 4.78 is 5.44. The SMILES string of the molecule is CCCCNC(=O)C(c1ccc(CC)cc1)N(C(=O)C(NC(=O)OC(C)(C)C)C(C)CC)C(C)C. The van der Waals surface area contributed by atoms with Gasteiger partial charge in [-0.2, -0.15) is 0 Å². The molecule has 0 saturated carbocycles. The van der Waals surface area contributed by atoms with E-state index in [4.69, 9.17) is 4.74 Å². The maximum absolute atomic E-state index is 14.0. The Kier molecular flexibility index (Phi) is 12.3. The minimum absolute atomic E-state index is 0.150. The van der Waals surface area contributed by atoms with Crippen molar-refractivity contribution in [2.45, 2.75) is 112 Å². The van der Waals surface area contributed by atoms with Crippen molar-refractivity contribution in [3.05, 3.63) is 35.4 Å². The summed E-state index contributed by atoms with van der Waals surface area (Å²) in [4.78, 5) is 41.7. The van der Waals surface area contributed by atoms with Crippen molar-refractivity contribution in [3.63, 3.8) is 0 Å². The van der Waals surface area contributed by atoms with E-state index in [1.54, 1.807) is 25.7 Å². The van der Waals surface area contributed by atoms with Crippen molar-refractivity contribution in [2.75, 3.05) is 6.54 Å². The van der Waals surface area contributed by atoms with Crippen molar-refractivity contribution in [2.24, 2.45) is 5.92 Å². The third-order valence-corrected chi connectivity index (χ3v) is 6.02. The Morgan fingerprint density at radius 2 is 1.60 bits per heavy atom. The lowest BCUT2D eigenvalue weighted by atomic mass is 9.94. The third-order valence-electron chi connectivity index (χ3n) is 6.02. The topological polar surface area (TPSA) is 87.7 Å². The Balaban J connectivity index is 3.44. The smallest absolute Gasteiger partial charge is 0.408 e. The molecule has 0 aliphatic rings. The molecular weight excluding hydrogens is 442 g/mol. The molecule has 1 aromatic carbocycles. The zero-order chi connectivity index (χ0) is 26.8. The molecule has 0 saturated heterocycles. The van der Waals surface area contributed by atoms with Crippen LogP contribution in [0.15, 0.2) is 24.3 Å². The fourth-order valence-electron chi connectivity index (χ4n) is 3.82. The van der Waals surface area contributed by atoms with Crippen molar-refractivity contribution in [1.29, 1.82) is 0 Å². The Morgan fingerprint density at radius 1 is 1.00 bits per heavy atom. The lowest BCUT2D eigenvalue weighted by Crippen LogP contribution is -2.57. The van der Waals surface area contributed by atoms with Crippen LogP contribution in [0.4, 0.5) is 4.79 Å². The second-order valence-corrected chi connectivity index (χ2v) is 10.5. The number of rotatable bonds is 12. The monoisotopic (exact) mass is 489 g/mol. The van der Waals surface area contributed by atoms with Crippen LogP contribution in [0.25, 0.3) is 0 Å². The summed E-state index contributed by atoms with van der Waals surface area (Å²) in [6, 6.07) is 5.93. The van der Waals surface area contributed by atoms with Crippen LogP contribution in [-0.4, -0.2) is 47.0 Å². The van der Waals surface area contributed by atoms with Crippen LogP contribution in [0.2, 0.25) is 0 Å². The molecule has 0 fully saturated rings. The van der Waals surface area contributed by atoms with Gasteiger partial charge in [-0.05, 0) is 64.5 Å². The van der Waals surface area contributed by atoms with Gasteiger partial charge in [0.2, 0.25) is 11.8 Å². The second kappa shape index (κ2) is 14.1. The van der Waals surface area contributed by atoms with Crippen LogP contribution < -0.4 is 10.6 Å². The molecule has 2 N–H and O–H groups in total. The molecule has 1 aromatic rings. The molecule has 3 amide bonds. The van der Waals surface area contributed by atoms with Gasteiger partial charge in [-0.3, -0.25) is 9.59 Å². The van der Waals surface area contributed by atoms with Gasteiger partial charge in [0.05, 0.1) is 0 Å². The predicted octanol–water partition coefficient (Wildman–Crippen LogP) is 5.38. The van der Waals surface area contributed by atoms with Crippen LogP contribution in [0.5, 0.6) is 0 Å². The summed E-state index contributed by atoms with van der Waals surface area (Å²) in [5.74, 6) is -0.664. The van der Waals surface area contributed by atoms with E-state index in [0.717, 1.165) is 30.4 Å². The maximum atomic E-state index is 14.0. The molecule has 198 valence electrons. The van der Waals surface area contributed by atoms with Gasteiger partial charge in [-0.15, -0.1) is 0 Å². The first-order valence-corrected chi connectivity index (χ1v) is 13.0. The van der Waals surface area contributed by atoms with Crippen molar-refractivity contribution >= 4 is 17.9 Å². The van der Waals surface area contributed by atoms with E-state index < -0.39 is 23.8 Å². The maximum Gasteiger partial charge on any atom is 0.408 e. The second-order valence-electron chi connectivity index (χ2n) is 10.5. The van der Waals surface area contributed by atoms with E-state index in [9.17, 15) is 14.4 Å². The molecule has 7 nitrogen and oxygen atoms in total. The first-order chi connectivity index (χ1) is 16.4. The molecule has 7 heteroatoms. The fourth-order valence-corrected chi connectivity index (χ4v) is 3.82. The molecule has 0 spiro atoms. The van der Waals surface area contributed by atoms with Gasteiger partial charge >= 0.3 is 6.09 Å². The predicted molar refractivity (Wildman–Crippen MR) is 141 cm³/mol. The fraction of sp³-hybridized carbons (Fsp3) is 0.679. The van der Waals surface area contributed by atoms with Crippen LogP contribution in [0.1, 0.15) is 98.7 Å². The van der Waals surface area contributed by atoms with Gasteiger partial charge in [0, 0.05) is 12.6 Å². The average Bonchev–Trinajstić information content (AvgIpc) is 2.78. The van der Waals surface area contributed by atoms with E-state index in [0.29, 0.717) is 13.0 Å². The Morgan fingerprint density at radius 3 is 2.06 bits per heavy atom. The molecule has 0 heterocycles. The van der Waals surface area contributed by atoms with Crippen LogP contribution >= 0.6 is 0 Å². The van der Waals surface area contributed by atoms with Crippen LogP contribution in [0.3, 0.4) is 0 Å². The number of nitrogens with zero attached hydrogens (tertiary/aromatic N) is 1.